The second-order valence-electron chi connectivity index (χ2n) is 6.85. The van der Waals surface area contributed by atoms with Gasteiger partial charge in [-0.05, 0) is 31.1 Å². The minimum absolute atomic E-state index is 0.148. The molecule has 3 heteroatoms. The van der Waals surface area contributed by atoms with Crippen LogP contribution in [0.4, 0.5) is 0 Å². The maximum atomic E-state index is 11.4. The monoisotopic (exact) mass is 284 g/mol. The highest BCUT2D eigenvalue weighted by Gasteiger charge is 2.24. The molecule has 1 aliphatic rings. The fraction of sp³-hybridized carbons (Fsp3) is 0.824. The lowest BCUT2D eigenvalue weighted by Gasteiger charge is -2.17. The molecule has 0 aromatic rings. The molecule has 3 nitrogen and oxygen atoms in total. The van der Waals surface area contributed by atoms with Gasteiger partial charge < -0.3 is 10.2 Å². The third-order valence-corrected chi connectivity index (χ3v) is 2.20. The van der Waals surface area contributed by atoms with Gasteiger partial charge in [0, 0.05) is 19.3 Å². The van der Waals surface area contributed by atoms with Crippen molar-refractivity contribution in [2.24, 2.45) is 11.3 Å². The zero-order chi connectivity index (χ0) is 16.3. The third kappa shape index (κ3) is 19.4. The summed E-state index contributed by atoms with van der Waals surface area (Å²) in [6.45, 7) is 19.6. The van der Waals surface area contributed by atoms with E-state index in [1.807, 2.05) is 27.8 Å². The van der Waals surface area contributed by atoms with Gasteiger partial charge in [0.1, 0.15) is 0 Å². The average Bonchev–Trinajstić information content (AvgIpc) is 3.10. The first kappa shape index (κ1) is 21.3. The molecule has 0 aliphatic heterocycles. The molecule has 120 valence electrons. The second kappa shape index (κ2) is 10.8. The van der Waals surface area contributed by atoms with Crippen molar-refractivity contribution in [2.45, 2.75) is 61.3 Å². The van der Waals surface area contributed by atoms with E-state index in [9.17, 15) is 4.79 Å². The van der Waals surface area contributed by atoms with Crippen LogP contribution in [0.15, 0.2) is 12.3 Å². The highest BCUT2D eigenvalue weighted by Crippen LogP contribution is 2.29. The number of rotatable bonds is 5. The molecular weight excluding hydrogens is 248 g/mol. The number of carbonyl (C=O) groups is 1. The van der Waals surface area contributed by atoms with Crippen LogP contribution in [0.3, 0.4) is 0 Å². The number of amides is 1. The number of hydrogen-bond acceptors (Lipinski definition) is 2. The standard InChI is InChI=1S/C10H18N2O.C5H12.C2H6/c1-8(2)11-6-10(13)12(3)7-9-4-5-9;1-5(2,3)4;1-2/h9,11H,1,4-7H2,2-3H3;1-4H3;1-2H3. The van der Waals surface area contributed by atoms with Crippen molar-refractivity contribution >= 4 is 5.91 Å². The second-order valence-corrected chi connectivity index (χ2v) is 6.85. The molecule has 1 saturated carbocycles. The Kier molecular flexibility index (Phi) is 11.5. The zero-order valence-corrected chi connectivity index (χ0v) is 15.0. The van der Waals surface area contributed by atoms with E-state index >= 15 is 0 Å². The number of allylic oxidation sites excluding steroid dienone is 1. The van der Waals surface area contributed by atoms with Gasteiger partial charge in [-0.3, -0.25) is 4.79 Å². The van der Waals surface area contributed by atoms with E-state index in [-0.39, 0.29) is 5.91 Å². The largest absolute Gasteiger partial charge is 0.380 e. The van der Waals surface area contributed by atoms with Crippen LogP contribution >= 0.6 is 0 Å². The molecule has 1 amide bonds. The zero-order valence-electron chi connectivity index (χ0n) is 15.0. The van der Waals surface area contributed by atoms with Crippen LogP contribution in [0.25, 0.3) is 0 Å². The number of nitrogens with zero attached hydrogens (tertiary/aromatic N) is 1. The van der Waals surface area contributed by atoms with Gasteiger partial charge in [0.05, 0.1) is 6.54 Å². The molecule has 1 aliphatic carbocycles. The Balaban J connectivity index is 0. The summed E-state index contributed by atoms with van der Waals surface area (Å²) in [6, 6.07) is 0. The summed E-state index contributed by atoms with van der Waals surface area (Å²) in [5.74, 6) is 0.911. The van der Waals surface area contributed by atoms with Crippen molar-refractivity contribution in [1.82, 2.24) is 10.2 Å². The van der Waals surface area contributed by atoms with Gasteiger partial charge in [0.2, 0.25) is 5.91 Å². The minimum atomic E-state index is 0.148. The Morgan fingerprint density at radius 3 is 1.95 bits per heavy atom. The first-order chi connectivity index (χ1) is 9.09. The molecule has 0 bridgehead atoms. The average molecular weight is 284 g/mol. The van der Waals surface area contributed by atoms with Crippen LogP contribution in [0.5, 0.6) is 0 Å². The highest BCUT2D eigenvalue weighted by atomic mass is 16.2. The van der Waals surface area contributed by atoms with Crippen LogP contribution in [-0.2, 0) is 4.79 Å². The van der Waals surface area contributed by atoms with Crippen molar-refractivity contribution in [3.8, 4) is 0 Å². The predicted molar refractivity (Wildman–Crippen MR) is 89.7 cm³/mol. The smallest absolute Gasteiger partial charge is 0.241 e. The van der Waals surface area contributed by atoms with Crippen molar-refractivity contribution in [2.75, 3.05) is 20.1 Å². The molecule has 20 heavy (non-hydrogen) atoms. The summed E-state index contributed by atoms with van der Waals surface area (Å²) in [6.07, 6.45) is 2.57. The molecule has 1 fully saturated rings. The summed E-state index contributed by atoms with van der Waals surface area (Å²) in [7, 11) is 1.86. The first-order valence-electron chi connectivity index (χ1n) is 7.73. The number of hydrogen-bond donors (Lipinski definition) is 1. The number of carbonyl (C=O) groups excluding carboxylic acids is 1. The van der Waals surface area contributed by atoms with Crippen LogP contribution in [0.1, 0.15) is 61.3 Å². The molecule has 0 saturated heterocycles. The summed E-state index contributed by atoms with van der Waals surface area (Å²) in [5, 5.41) is 2.93. The highest BCUT2D eigenvalue weighted by molar-refractivity contribution is 5.78. The molecule has 0 unspecified atom stereocenters. The van der Waals surface area contributed by atoms with E-state index in [0.29, 0.717) is 12.0 Å². The fourth-order valence-electron chi connectivity index (χ4n) is 1.15. The molecule has 0 heterocycles. The Bertz CT molecular complexity index is 269. The Hall–Kier alpha value is -0.990. The fourth-order valence-corrected chi connectivity index (χ4v) is 1.15. The van der Waals surface area contributed by atoms with Gasteiger partial charge in [0.15, 0.2) is 0 Å². The lowest BCUT2D eigenvalue weighted by Crippen LogP contribution is -2.35. The lowest BCUT2D eigenvalue weighted by atomic mass is 10.0. The molecule has 0 atom stereocenters. The van der Waals surface area contributed by atoms with E-state index < -0.39 is 0 Å². The molecule has 1 N–H and O–H groups in total. The topological polar surface area (TPSA) is 32.3 Å². The van der Waals surface area contributed by atoms with Gasteiger partial charge in [-0.15, -0.1) is 0 Å². The maximum Gasteiger partial charge on any atom is 0.241 e. The Labute approximate surface area is 126 Å². The van der Waals surface area contributed by atoms with Crippen molar-refractivity contribution in [1.29, 1.82) is 0 Å². The third-order valence-electron chi connectivity index (χ3n) is 2.20. The van der Waals surface area contributed by atoms with Gasteiger partial charge in [0.25, 0.3) is 0 Å². The minimum Gasteiger partial charge on any atom is -0.380 e. The van der Waals surface area contributed by atoms with Gasteiger partial charge in [-0.25, -0.2) is 0 Å². The Morgan fingerprint density at radius 1 is 1.25 bits per heavy atom. The summed E-state index contributed by atoms with van der Waals surface area (Å²) in [5.41, 5.74) is 1.34. The summed E-state index contributed by atoms with van der Waals surface area (Å²) >= 11 is 0. The van der Waals surface area contributed by atoms with E-state index in [1.54, 1.807) is 4.90 Å². The SMILES string of the molecule is C=C(C)NCC(=O)N(C)CC1CC1.CC.CC(C)(C)C. The van der Waals surface area contributed by atoms with Crippen LogP contribution in [0, 0.1) is 11.3 Å². The number of likely N-dealkylation sites (N-methyl/N-ethyl adjacent to an activating group) is 1. The molecule has 0 aromatic heterocycles. The van der Waals surface area contributed by atoms with Crippen molar-refractivity contribution in [3.05, 3.63) is 12.3 Å². The van der Waals surface area contributed by atoms with Crippen molar-refractivity contribution in [3.63, 3.8) is 0 Å². The summed E-state index contributed by atoms with van der Waals surface area (Å²) in [4.78, 5) is 13.2. The molecule has 1 rings (SSSR count). The lowest BCUT2D eigenvalue weighted by molar-refractivity contribution is -0.129. The van der Waals surface area contributed by atoms with E-state index in [0.717, 1.165) is 18.2 Å². The molecule has 0 aromatic carbocycles. The van der Waals surface area contributed by atoms with Crippen LogP contribution in [0.2, 0.25) is 0 Å². The first-order valence-corrected chi connectivity index (χ1v) is 7.73. The van der Waals surface area contributed by atoms with Gasteiger partial charge in [-0.1, -0.05) is 48.1 Å². The number of nitrogens with one attached hydrogen (secondary N) is 1. The van der Waals surface area contributed by atoms with Gasteiger partial charge >= 0.3 is 0 Å². The van der Waals surface area contributed by atoms with E-state index in [1.165, 1.54) is 12.8 Å². The quantitative estimate of drug-likeness (QED) is 0.826. The van der Waals surface area contributed by atoms with Gasteiger partial charge in [-0.2, -0.15) is 0 Å². The molecule has 0 spiro atoms. The normalized spacial score (nSPS) is 13.2. The van der Waals surface area contributed by atoms with Crippen LogP contribution in [-0.4, -0.2) is 30.9 Å². The van der Waals surface area contributed by atoms with Crippen LogP contribution < -0.4 is 5.32 Å². The molecular formula is C17H36N2O. The summed E-state index contributed by atoms with van der Waals surface area (Å²) < 4.78 is 0. The maximum absolute atomic E-state index is 11.4. The predicted octanol–water partition coefficient (Wildman–Crippen LogP) is 4.06. The van der Waals surface area contributed by atoms with E-state index in [4.69, 9.17) is 0 Å². The van der Waals surface area contributed by atoms with Crippen molar-refractivity contribution < 1.29 is 4.79 Å². The Morgan fingerprint density at radius 2 is 1.65 bits per heavy atom. The van der Waals surface area contributed by atoms with E-state index in [2.05, 4.69) is 39.6 Å². The molecule has 0 radical (unpaired) electrons.